The Kier molecular flexibility index (Phi) is 5.01. The van der Waals surface area contributed by atoms with E-state index in [-0.39, 0.29) is 18.5 Å². The largest absolute Gasteiger partial charge is 0.459 e. The maximum absolute atomic E-state index is 12.5. The van der Waals surface area contributed by atoms with E-state index in [2.05, 4.69) is 6.58 Å². The summed E-state index contributed by atoms with van der Waals surface area (Å²) < 4.78 is 5.38. The third-order valence-corrected chi connectivity index (χ3v) is 4.07. The maximum Gasteiger partial charge on any atom is 0.329 e. The van der Waals surface area contributed by atoms with Crippen molar-refractivity contribution in [3.8, 4) is 0 Å². The SMILES string of the molecule is C=CC(C)(C)C(=O)N1CCC[C@H]1C(=O)OCc1ccccc1. The number of carbonyl (C=O) groups excluding carboxylic acids is 2. The first-order valence-corrected chi connectivity index (χ1v) is 7.61. The summed E-state index contributed by atoms with van der Waals surface area (Å²) in [7, 11) is 0. The number of hydrogen-bond acceptors (Lipinski definition) is 3. The Bertz CT molecular complexity index is 551. The Morgan fingerprint density at radius 1 is 1.36 bits per heavy atom. The molecule has 0 N–H and O–H groups in total. The quantitative estimate of drug-likeness (QED) is 0.620. The topological polar surface area (TPSA) is 46.6 Å². The van der Waals surface area contributed by atoms with Crippen LogP contribution in [0.2, 0.25) is 0 Å². The molecule has 2 rings (SSSR count). The number of carbonyl (C=O) groups is 2. The standard InChI is InChI=1S/C18H23NO3/c1-4-18(2,3)17(21)19-12-8-11-15(19)16(20)22-13-14-9-6-5-7-10-14/h4-7,9-10,15H,1,8,11-13H2,2-3H3/t15-/m0/s1. The first-order chi connectivity index (χ1) is 10.5. The van der Waals surface area contributed by atoms with Gasteiger partial charge in [-0.25, -0.2) is 4.79 Å². The number of amides is 1. The van der Waals surface area contributed by atoms with Crippen LogP contribution >= 0.6 is 0 Å². The Balaban J connectivity index is 1.99. The highest BCUT2D eigenvalue weighted by atomic mass is 16.5. The molecule has 0 unspecified atom stereocenters. The molecule has 1 saturated heterocycles. The number of esters is 1. The highest BCUT2D eigenvalue weighted by Crippen LogP contribution is 2.27. The minimum atomic E-state index is -0.664. The van der Waals surface area contributed by atoms with E-state index in [0.29, 0.717) is 13.0 Å². The molecule has 1 heterocycles. The number of hydrogen-bond donors (Lipinski definition) is 0. The first-order valence-electron chi connectivity index (χ1n) is 7.61. The van der Waals surface area contributed by atoms with Gasteiger partial charge in [-0.2, -0.15) is 0 Å². The molecule has 22 heavy (non-hydrogen) atoms. The van der Waals surface area contributed by atoms with Crippen molar-refractivity contribution in [1.29, 1.82) is 0 Å². The molecular weight excluding hydrogens is 278 g/mol. The van der Waals surface area contributed by atoms with E-state index < -0.39 is 11.5 Å². The van der Waals surface area contributed by atoms with Crippen LogP contribution in [0.3, 0.4) is 0 Å². The molecule has 1 aromatic carbocycles. The molecule has 1 amide bonds. The summed E-state index contributed by atoms with van der Waals surface area (Å²) in [5.74, 6) is -0.392. The van der Waals surface area contributed by atoms with Crippen LogP contribution in [0.5, 0.6) is 0 Å². The summed E-state index contributed by atoms with van der Waals surface area (Å²) >= 11 is 0. The fourth-order valence-corrected chi connectivity index (χ4v) is 2.54. The second-order valence-electron chi connectivity index (χ2n) is 6.18. The van der Waals surface area contributed by atoms with Crippen LogP contribution in [0.4, 0.5) is 0 Å². The number of rotatable bonds is 5. The third-order valence-electron chi connectivity index (χ3n) is 4.07. The first kappa shape index (κ1) is 16.3. The second-order valence-corrected chi connectivity index (χ2v) is 6.18. The molecule has 0 radical (unpaired) electrons. The predicted molar refractivity (Wildman–Crippen MR) is 85.0 cm³/mol. The van der Waals surface area contributed by atoms with Crippen LogP contribution < -0.4 is 0 Å². The Labute approximate surface area is 131 Å². The van der Waals surface area contributed by atoms with Gasteiger partial charge in [0.05, 0.1) is 5.41 Å². The van der Waals surface area contributed by atoms with Crippen molar-refractivity contribution in [2.75, 3.05) is 6.54 Å². The molecule has 0 spiro atoms. The predicted octanol–water partition coefficient (Wildman–Crippen LogP) is 2.93. The zero-order valence-electron chi connectivity index (χ0n) is 13.2. The molecule has 0 bridgehead atoms. The molecule has 1 aliphatic heterocycles. The molecule has 4 heteroatoms. The zero-order chi connectivity index (χ0) is 16.2. The molecule has 0 saturated carbocycles. The summed E-state index contributed by atoms with van der Waals surface area (Å²) in [5, 5.41) is 0. The molecule has 4 nitrogen and oxygen atoms in total. The van der Waals surface area contributed by atoms with Gasteiger partial charge in [0.2, 0.25) is 5.91 Å². The number of ether oxygens (including phenoxy) is 1. The molecule has 118 valence electrons. The highest BCUT2D eigenvalue weighted by molar-refractivity contribution is 5.89. The van der Waals surface area contributed by atoms with Crippen LogP contribution in [-0.2, 0) is 20.9 Å². The van der Waals surface area contributed by atoms with Crippen molar-refractivity contribution in [1.82, 2.24) is 4.90 Å². The van der Waals surface area contributed by atoms with E-state index in [1.165, 1.54) is 0 Å². The van der Waals surface area contributed by atoms with Gasteiger partial charge < -0.3 is 9.64 Å². The van der Waals surface area contributed by atoms with Gasteiger partial charge in [0.25, 0.3) is 0 Å². The van der Waals surface area contributed by atoms with Crippen LogP contribution in [0, 0.1) is 5.41 Å². The van der Waals surface area contributed by atoms with Gasteiger partial charge in [-0.15, -0.1) is 6.58 Å². The number of likely N-dealkylation sites (tertiary alicyclic amines) is 1. The fraction of sp³-hybridized carbons (Fsp3) is 0.444. The van der Waals surface area contributed by atoms with E-state index in [1.807, 2.05) is 44.2 Å². The smallest absolute Gasteiger partial charge is 0.329 e. The van der Waals surface area contributed by atoms with E-state index >= 15 is 0 Å². The molecule has 0 aliphatic carbocycles. The van der Waals surface area contributed by atoms with Gasteiger partial charge in [-0.05, 0) is 32.3 Å². The Morgan fingerprint density at radius 2 is 2.05 bits per heavy atom. The molecule has 1 aliphatic rings. The van der Waals surface area contributed by atoms with E-state index in [9.17, 15) is 9.59 Å². The minimum absolute atomic E-state index is 0.0679. The summed E-state index contributed by atoms with van der Waals surface area (Å²) in [6.45, 7) is 8.17. The van der Waals surface area contributed by atoms with Gasteiger partial charge in [-0.3, -0.25) is 4.79 Å². The lowest BCUT2D eigenvalue weighted by Gasteiger charge is -2.30. The number of benzene rings is 1. The lowest BCUT2D eigenvalue weighted by molar-refractivity contribution is -0.156. The summed E-state index contributed by atoms with van der Waals surface area (Å²) in [6.07, 6.45) is 3.11. The Morgan fingerprint density at radius 3 is 2.68 bits per heavy atom. The van der Waals surface area contributed by atoms with Crippen molar-refractivity contribution in [3.63, 3.8) is 0 Å². The number of nitrogens with zero attached hydrogens (tertiary/aromatic N) is 1. The van der Waals surface area contributed by atoms with Crippen molar-refractivity contribution in [2.24, 2.45) is 5.41 Å². The van der Waals surface area contributed by atoms with Crippen LogP contribution in [-0.4, -0.2) is 29.4 Å². The lowest BCUT2D eigenvalue weighted by atomic mass is 9.91. The van der Waals surface area contributed by atoms with Crippen LogP contribution in [0.15, 0.2) is 43.0 Å². The molecule has 1 fully saturated rings. The minimum Gasteiger partial charge on any atom is -0.459 e. The second kappa shape index (κ2) is 6.77. The normalized spacial score (nSPS) is 18.1. The lowest BCUT2D eigenvalue weighted by Crippen LogP contribution is -2.46. The monoisotopic (exact) mass is 301 g/mol. The average Bonchev–Trinajstić information content (AvgIpc) is 3.02. The van der Waals surface area contributed by atoms with Crippen LogP contribution in [0.1, 0.15) is 32.3 Å². The Hall–Kier alpha value is -2.10. The van der Waals surface area contributed by atoms with Crippen LogP contribution in [0.25, 0.3) is 0 Å². The van der Waals surface area contributed by atoms with Gasteiger partial charge >= 0.3 is 5.97 Å². The zero-order valence-corrected chi connectivity index (χ0v) is 13.2. The van der Waals surface area contributed by atoms with Crippen molar-refractivity contribution >= 4 is 11.9 Å². The molecule has 1 atom stereocenters. The van der Waals surface area contributed by atoms with Gasteiger partial charge in [0.1, 0.15) is 12.6 Å². The van der Waals surface area contributed by atoms with E-state index in [0.717, 1.165) is 12.0 Å². The average molecular weight is 301 g/mol. The van der Waals surface area contributed by atoms with Gasteiger partial charge in [0.15, 0.2) is 0 Å². The molecule has 0 aromatic heterocycles. The molecule has 1 aromatic rings. The van der Waals surface area contributed by atoms with Gasteiger partial charge in [-0.1, -0.05) is 36.4 Å². The van der Waals surface area contributed by atoms with E-state index in [4.69, 9.17) is 4.74 Å². The van der Waals surface area contributed by atoms with Crippen molar-refractivity contribution in [3.05, 3.63) is 48.6 Å². The van der Waals surface area contributed by atoms with E-state index in [1.54, 1.807) is 11.0 Å². The van der Waals surface area contributed by atoms with Gasteiger partial charge in [0, 0.05) is 6.54 Å². The molecular formula is C18H23NO3. The summed E-state index contributed by atoms with van der Waals surface area (Å²) in [6, 6.07) is 9.06. The summed E-state index contributed by atoms with van der Waals surface area (Å²) in [4.78, 5) is 26.5. The fourth-order valence-electron chi connectivity index (χ4n) is 2.54. The highest BCUT2D eigenvalue weighted by Gasteiger charge is 2.40. The van der Waals surface area contributed by atoms with Crippen molar-refractivity contribution < 1.29 is 14.3 Å². The van der Waals surface area contributed by atoms with Crippen molar-refractivity contribution in [2.45, 2.75) is 39.3 Å². The summed E-state index contributed by atoms with van der Waals surface area (Å²) in [5.41, 5.74) is 0.278. The third kappa shape index (κ3) is 3.56. The maximum atomic E-state index is 12.5.